The number of anilines is 1. The Bertz CT molecular complexity index is 796. The van der Waals surface area contributed by atoms with Crippen LogP contribution < -0.4 is 10.2 Å². The number of aromatic nitrogens is 2. The van der Waals surface area contributed by atoms with Crippen molar-refractivity contribution in [3.05, 3.63) is 41.6 Å². The zero-order chi connectivity index (χ0) is 18.9. The maximum absolute atomic E-state index is 12.6. The van der Waals surface area contributed by atoms with Crippen molar-refractivity contribution in [2.75, 3.05) is 25.5 Å². The molecule has 1 aromatic carbocycles. The first kappa shape index (κ1) is 18.2. The quantitative estimate of drug-likeness (QED) is 0.901. The van der Waals surface area contributed by atoms with E-state index in [4.69, 9.17) is 9.97 Å². The van der Waals surface area contributed by atoms with Gasteiger partial charge in [-0.25, -0.2) is 14.8 Å². The van der Waals surface area contributed by atoms with Gasteiger partial charge in [-0.2, -0.15) is 0 Å². The van der Waals surface area contributed by atoms with Gasteiger partial charge in [-0.1, -0.05) is 30.3 Å². The Kier molecular flexibility index (Phi) is 4.85. The van der Waals surface area contributed by atoms with E-state index in [1.807, 2.05) is 75.0 Å². The molecular weight excluding hydrogens is 326 g/mol. The van der Waals surface area contributed by atoms with Gasteiger partial charge < -0.3 is 15.1 Å². The lowest BCUT2D eigenvalue weighted by Gasteiger charge is -2.33. The summed E-state index contributed by atoms with van der Waals surface area (Å²) in [7, 11) is 3.96. The van der Waals surface area contributed by atoms with Crippen molar-refractivity contribution in [1.29, 1.82) is 0 Å². The van der Waals surface area contributed by atoms with E-state index in [1.165, 1.54) is 0 Å². The highest BCUT2D eigenvalue weighted by Crippen LogP contribution is 2.28. The number of nitrogens with one attached hydrogen (secondary N) is 1. The standard InChI is InChI=1S/C20H27N5O/c1-20(2,3)23-19(26)25-12-11-16-15(13-25)18(24(4)5)22-17(21-16)14-9-7-6-8-10-14/h6-10H,11-13H2,1-5H3,(H,23,26). The molecule has 2 heterocycles. The summed E-state index contributed by atoms with van der Waals surface area (Å²) < 4.78 is 0. The molecule has 0 aliphatic carbocycles. The lowest BCUT2D eigenvalue weighted by atomic mass is 10.0. The van der Waals surface area contributed by atoms with Gasteiger partial charge in [0, 0.05) is 43.7 Å². The average molecular weight is 353 g/mol. The fourth-order valence-corrected chi connectivity index (χ4v) is 3.06. The molecule has 2 amide bonds. The van der Waals surface area contributed by atoms with Crippen molar-refractivity contribution in [3.63, 3.8) is 0 Å². The first-order valence-corrected chi connectivity index (χ1v) is 8.94. The maximum Gasteiger partial charge on any atom is 0.318 e. The van der Waals surface area contributed by atoms with Gasteiger partial charge in [-0.3, -0.25) is 0 Å². The van der Waals surface area contributed by atoms with Crippen LogP contribution in [0.4, 0.5) is 10.6 Å². The number of hydrogen-bond acceptors (Lipinski definition) is 4. The minimum atomic E-state index is -0.255. The van der Waals surface area contributed by atoms with Gasteiger partial charge in [0.25, 0.3) is 0 Å². The summed E-state index contributed by atoms with van der Waals surface area (Å²) in [6, 6.07) is 9.97. The lowest BCUT2D eigenvalue weighted by Crippen LogP contribution is -2.50. The molecule has 0 unspecified atom stereocenters. The molecule has 0 fully saturated rings. The van der Waals surface area contributed by atoms with E-state index in [0.717, 1.165) is 34.9 Å². The van der Waals surface area contributed by atoms with E-state index in [0.29, 0.717) is 13.1 Å². The zero-order valence-corrected chi connectivity index (χ0v) is 16.2. The Labute approximate surface area is 155 Å². The van der Waals surface area contributed by atoms with Crippen LogP contribution in [-0.4, -0.2) is 47.1 Å². The third kappa shape index (κ3) is 3.95. The van der Waals surface area contributed by atoms with Crippen LogP contribution in [0, 0.1) is 0 Å². The van der Waals surface area contributed by atoms with Gasteiger partial charge in [0.1, 0.15) is 5.82 Å². The van der Waals surface area contributed by atoms with Crippen LogP contribution in [0.2, 0.25) is 0 Å². The van der Waals surface area contributed by atoms with Gasteiger partial charge in [-0.05, 0) is 20.8 Å². The molecule has 0 radical (unpaired) electrons. The van der Waals surface area contributed by atoms with Crippen LogP contribution >= 0.6 is 0 Å². The molecule has 0 spiro atoms. The zero-order valence-electron chi connectivity index (χ0n) is 16.2. The number of carbonyl (C=O) groups is 1. The van der Waals surface area contributed by atoms with Crippen molar-refractivity contribution in [2.24, 2.45) is 0 Å². The van der Waals surface area contributed by atoms with Gasteiger partial charge in [0.15, 0.2) is 5.82 Å². The Hall–Kier alpha value is -2.63. The van der Waals surface area contributed by atoms with E-state index in [2.05, 4.69) is 5.32 Å². The molecule has 1 aliphatic heterocycles. The molecule has 2 aromatic rings. The topological polar surface area (TPSA) is 61.4 Å². The molecule has 3 rings (SSSR count). The highest BCUT2D eigenvalue weighted by molar-refractivity contribution is 5.75. The van der Waals surface area contributed by atoms with E-state index in [9.17, 15) is 4.79 Å². The van der Waals surface area contributed by atoms with E-state index >= 15 is 0 Å². The number of nitrogens with zero attached hydrogens (tertiary/aromatic N) is 4. The molecule has 0 bridgehead atoms. The molecule has 6 nitrogen and oxygen atoms in total. The molecule has 0 saturated heterocycles. The Morgan fingerprint density at radius 1 is 1.15 bits per heavy atom. The highest BCUT2D eigenvalue weighted by Gasteiger charge is 2.28. The Balaban J connectivity index is 1.94. The molecule has 138 valence electrons. The second kappa shape index (κ2) is 6.94. The molecule has 0 atom stereocenters. The minimum absolute atomic E-state index is 0.0417. The van der Waals surface area contributed by atoms with Gasteiger partial charge >= 0.3 is 6.03 Å². The summed E-state index contributed by atoms with van der Waals surface area (Å²) in [5.41, 5.74) is 2.81. The second-order valence-electron chi connectivity index (χ2n) is 7.91. The van der Waals surface area contributed by atoms with Crippen molar-refractivity contribution in [3.8, 4) is 11.4 Å². The van der Waals surface area contributed by atoms with Crippen molar-refractivity contribution < 1.29 is 4.79 Å². The summed E-state index contributed by atoms with van der Waals surface area (Å²) in [6.07, 6.45) is 0.732. The van der Waals surface area contributed by atoms with Gasteiger partial charge in [-0.15, -0.1) is 0 Å². The first-order valence-electron chi connectivity index (χ1n) is 8.94. The van der Waals surface area contributed by atoms with E-state index in [1.54, 1.807) is 0 Å². The molecule has 0 saturated carbocycles. The molecule has 26 heavy (non-hydrogen) atoms. The SMILES string of the molecule is CN(C)c1nc(-c2ccccc2)nc2c1CN(C(=O)NC(C)(C)C)CC2. The molecule has 6 heteroatoms. The number of amides is 2. The normalized spacial score (nSPS) is 14.0. The maximum atomic E-state index is 12.6. The van der Waals surface area contributed by atoms with Gasteiger partial charge in [0.05, 0.1) is 12.2 Å². The molecule has 1 aliphatic rings. The Morgan fingerprint density at radius 3 is 2.46 bits per heavy atom. The van der Waals surface area contributed by atoms with Crippen molar-refractivity contribution >= 4 is 11.8 Å². The fourth-order valence-electron chi connectivity index (χ4n) is 3.06. The summed E-state index contributed by atoms with van der Waals surface area (Å²) >= 11 is 0. The first-order chi connectivity index (χ1) is 12.2. The van der Waals surface area contributed by atoms with Crippen LogP contribution in [0.3, 0.4) is 0 Å². The molecular formula is C20H27N5O. The minimum Gasteiger partial charge on any atom is -0.362 e. The summed E-state index contributed by atoms with van der Waals surface area (Å²) in [5.74, 6) is 1.61. The van der Waals surface area contributed by atoms with Crippen molar-refractivity contribution in [1.82, 2.24) is 20.2 Å². The van der Waals surface area contributed by atoms with Crippen LogP contribution in [0.25, 0.3) is 11.4 Å². The number of rotatable bonds is 2. The number of hydrogen-bond donors (Lipinski definition) is 1. The van der Waals surface area contributed by atoms with E-state index in [-0.39, 0.29) is 11.6 Å². The number of fused-ring (bicyclic) bond motifs is 1. The van der Waals surface area contributed by atoms with Crippen LogP contribution in [0.15, 0.2) is 30.3 Å². The molecule has 1 N–H and O–H groups in total. The van der Waals surface area contributed by atoms with E-state index < -0.39 is 0 Å². The lowest BCUT2D eigenvalue weighted by molar-refractivity contribution is 0.183. The number of benzene rings is 1. The fraction of sp³-hybridized carbons (Fsp3) is 0.450. The molecule has 1 aromatic heterocycles. The second-order valence-corrected chi connectivity index (χ2v) is 7.91. The van der Waals surface area contributed by atoms with Crippen LogP contribution in [0.5, 0.6) is 0 Å². The van der Waals surface area contributed by atoms with Crippen molar-refractivity contribution in [2.45, 2.75) is 39.3 Å². The van der Waals surface area contributed by atoms with Gasteiger partial charge in [0.2, 0.25) is 0 Å². The predicted octanol–water partition coefficient (Wildman–Crippen LogP) is 3.08. The summed E-state index contributed by atoms with van der Waals surface area (Å²) in [4.78, 5) is 26.0. The third-order valence-electron chi connectivity index (χ3n) is 4.26. The third-order valence-corrected chi connectivity index (χ3v) is 4.26. The highest BCUT2D eigenvalue weighted by atomic mass is 16.2. The summed E-state index contributed by atoms with van der Waals surface area (Å²) in [6.45, 7) is 7.16. The monoisotopic (exact) mass is 353 g/mol. The van der Waals surface area contributed by atoms with Crippen LogP contribution in [-0.2, 0) is 13.0 Å². The largest absolute Gasteiger partial charge is 0.362 e. The number of carbonyl (C=O) groups excluding carboxylic acids is 1. The Morgan fingerprint density at radius 2 is 1.85 bits per heavy atom. The summed E-state index contributed by atoms with van der Waals surface area (Å²) in [5, 5.41) is 3.04. The number of urea groups is 1. The van der Waals surface area contributed by atoms with Crippen LogP contribution in [0.1, 0.15) is 32.0 Å². The smallest absolute Gasteiger partial charge is 0.318 e. The average Bonchev–Trinajstić information content (AvgIpc) is 2.59. The predicted molar refractivity (Wildman–Crippen MR) is 104 cm³/mol.